The van der Waals surface area contributed by atoms with Crippen LogP contribution in [0.4, 0.5) is 10.5 Å². The maximum Gasteiger partial charge on any atom is 0.321 e. The molecular formula is C17H25ClN2O2. The van der Waals surface area contributed by atoms with Crippen LogP contribution in [0.5, 0.6) is 0 Å². The lowest BCUT2D eigenvalue weighted by Crippen LogP contribution is -2.41. The smallest absolute Gasteiger partial charge is 0.321 e. The van der Waals surface area contributed by atoms with Crippen LogP contribution in [-0.2, 0) is 12.8 Å². The van der Waals surface area contributed by atoms with Crippen LogP contribution in [0.1, 0.15) is 37.8 Å². The molecule has 0 saturated carbocycles. The van der Waals surface area contributed by atoms with Gasteiger partial charge in [-0.25, -0.2) is 4.79 Å². The van der Waals surface area contributed by atoms with Crippen LogP contribution in [0, 0.1) is 5.92 Å². The van der Waals surface area contributed by atoms with Gasteiger partial charge in [0.1, 0.15) is 0 Å². The number of carbonyl (C=O) groups excluding carboxylic acids is 1. The Labute approximate surface area is 137 Å². The molecule has 1 aliphatic heterocycles. The van der Waals surface area contributed by atoms with Gasteiger partial charge in [0.05, 0.1) is 5.69 Å². The number of aryl methyl sites for hydroxylation is 1. The number of benzene rings is 1. The summed E-state index contributed by atoms with van der Waals surface area (Å²) in [5.41, 5.74) is 2.98. The van der Waals surface area contributed by atoms with Crippen molar-refractivity contribution in [2.75, 3.05) is 25.0 Å². The zero-order valence-electron chi connectivity index (χ0n) is 13.4. The lowest BCUT2D eigenvalue weighted by Gasteiger charge is -2.31. The van der Waals surface area contributed by atoms with Crippen LogP contribution >= 0.6 is 11.6 Å². The highest BCUT2D eigenvalue weighted by Gasteiger charge is 2.23. The van der Waals surface area contributed by atoms with Gasteiger partial charge in [-0.15, -0.1) is 0 Å². The van der Waals surface area contributed by atoms with Crippen LogP contribution in [0.3, 0.4) is 0 Å². The fourth-order valence-corrected chi connectivity index (χ4v) is 3.26. The quantitative estimate of drug-likeness (QED) is 0.887. The summed E-state index contributed by atoms with van der Waals surface area (Å²) >= 11 is 6.27. The first-order valence-corrected chi connectivity index (χ1v) is 8.45. The Morgan fingerprint density at radius 3 is 2.55 bits per heavy atom. The largest absolute Gasteiger partial charge is 0.396 e. The number of nitrogens with zero attached hydrogens (tertiary/aromatic N) is 1. The molecule has 22 heavy (non-hydrogen) atoms. The molecule has 1 saturated heterocycles. The van der Waals surface area contributed by atoms with Crippen molar-refractivity contribution in [3.05, 3.63) is 28.3 Å². The van der Waals surface area contributed by atoms with Gasteiger partial charge in [0, 0.05) is 24.7 Å². The van der Waals surface area contributed by atoms with Gasteiger partial charge in [-0.1, -0.05) is 31.5 Å². The summed E-state index contributed by atoms with van der Waals surface area (Å²) < 4.78 is 0. The number of aliphatic hydroxyl groups excluding tert-OH is 1. The van der Waals surface area contributed by atoms with Crippen molar-refractivity contribution < 1.29 is 9.90 Å². The standard InChI is InChI=1S/C17H25ClN2O2/c1-3-13-5-6-15(18)14(4-2)16(13)19-17(22)20-9-7-12(11-21)8-10-20/h5-6,12,21H,3-4,7-11H2,1-2H3,(H,19,22). The molecule has 0 radical (unpaired) electrons. The third kappa shape index (κ3) is 3.73. The van der Waals surface area contributed by atoms with Crippen molar-refractivity contribution in [1.82, 2.24) is 4.90 Å². The SMILES string of the molecule is CCc1ccc(Cl)c(CC)c1NC(=O)N1CCC(CO)CC1. The van der Waals surface area contributed by atoms with Gasteiger partial charge in [-0.2, -0.15) is 0 Å². The van der Waals surface area contributed by atoms with Gasteiger partial charge in [-0.05, 0) is 48.8 Å². The van der Waals surface area contributed by atoms with Gasteiger partial charge < -0.3 is 15.3 Å². The second-order valence-corrected chi connectivity index (χ2v) is 6.22. The lowest BCUT2D eigenvalue weighted by molar-refractivity contribution is 0.143. The summed E-state index contributed by atoms with van der Waals surface area (Å²) in [5.74, 6) is 0.327. The fraction of sp³-hybridized carbons (Fsp3) is 0.588. The molecule has 0 bridgehead atoms. The van der Waals surface area contributed by atoms with Crippen LogP contribution in [0.25, 0.3) is 0 Å². The Kier molecular flexibility index (Phi) is 6.09. The molecule has 0 unspecified atom stereocenters. The van der Waals surface area contributed by atoms with Crippen molar-refractivity contribution in [1.29, 1.82) is 0 Å². The van der Waals surface area contributed by atoms with E-state index >= 15 is 0 Å². The van der Waals surface area contributed by atoms with Gasteiger partial charge in [0.25, 0.3) is 0 Å². The van der Waals surface area contributed by atoms with Crippen molar-refractivity contribution >= 4 is 23.3 Å². The zero-order chi connectivity index (χ0) is 16.1. The Bertz CT molecular complexity index is 526. The number of halogens is 1. The number of anilines is 1. The Morgan fingerprint density at radius 1 is 1.32 bits per heavy atom. The van der Waals surface area contributed by atoms with Crippen molar-refractivity contribution in [2.24, 2.45) is 5.92 Å². The number of piperidine rings is 1. The summed E-state index contributed by atoms with van der Waals surface area (Å²) in [6.45, 7) is 5.72. The van der Waals surface area contributed by atoms with E-state index in [0.717, 1.165) is 42.5 Å². The average Bonchev–Trinajstić information content (AvgIpc) is 2.55. The van der Waals surface area contributed by atoms with Crippen LogP contribution in [0.15, 0.2) is 12.1 Å². The second-order valence-electron chi connectivity index (χ2n) is 5.81. The van der Waals surface area contributed by atoms with Gasteiger partial charge in [0.2, 0.25) is 0 Å². The summed E-state index contributed by atoms with van der Waals surface area (Å²) in [4.78, 5) is 14.3. The molecule has 0 spiro atoms. The van der Waals surface area contributed by atoms with Gasteiger partial charge >= 0.3 is 6.03 Å². The molecule has 0 aliphatic carbocycles. The van der Waals surface area contributed by atoms with E-state index in [1.807, 2.05) is 24.0 Å². The Hall–Kier alpha value is -1.26. The molecule has 4 nitrogen and oxygen atoms in total. The first-order chi connectivity index (χ1) is 10.6. The topological polar surface area (TPSA) is 52.6 Å². The van der Waals surface area contributed by atoms with Gasteiger partial charge in [0.15, 0.2) is 0 Å². The minimum absolute atomic E-state index is 0.0666. The predicted molar refractivity (Wildman–Crippen MR) is 90.6 cm³/mol. The van der Waals surface area contributed by atoms with E-state index in [2.05, 4.69) is 12.2 Å². The number of urea groups is 1. The van der Waals surface area contributed by atoms with E-state index in [1.54, 1.807) is 0 Å². The summed E-state index contributed by atoms with van der Waals surface area (Å²) in [7, 11) is 0. The number of likely N-dealkylation sites (tertiary alicyclic amines) is 1. The molecule has 1 aliphatic rings. The second kappa shape index (κ2) is 7.84. The number of hydrogen-bond donors (Lipinski definition) is 2. The molecule has 0 atom stereocenters. The van der Waals surface area contributed by atoms with Crippen LogP contribution < -0.4 is 5.32 Å². The highest BCUT2D eigenvalue weighted by molar-refractivity contribution is 6.31. The number of aliphatic hydroxyl groups is 1. The summed E-state index contributed by atoms with van der Waals surface area (Å²) in [5, 5.41) is 13.0. The number of nitrogens with one attached hydrogen (secondary N) is 1. The van der Waals surface area contributed by atoms with Crippen LogP contribution in [0.2, 0.25) is 5.02 Å². The first kappa shape index (κ1) is 17.1. The molecule has 1 aromatic carbocycles. The number of rotatable bonds is 4. The van der Waals surface area contributed by atoms with E-state index in [0.29, 0.717) is 24.0 Å². The van der Waals surface area contributed by atoms with Gasteiger partial charge in [-0.3, -0.25) is 0 Å². The van der Waals surface area contributed by atoms with E-state index < -0.39 is 0 Å². The van der Waals surface area contributed by atoms with E-state index in [4.69, 9.17) is 11.6 Å². The Morgan fingerprint density at radius 2 is 2.00 bits per heavy atom. The molecule has 5 heteroatoms. The van der Waals surface area contributed by atoms with E-state index in [-0.39, 0.29) is 12.6 Å². The maximum atomic E-state index is 12.5. The predicted octanol–water partition coefficient (Wildman–Crippen LogP) is 3.70. The summed E-state index contributed by atoms with van der Waals surface area (Å²) in [6.07, 6.45) is 3.36. The first-order valence-electron chi connectivity index (χ1n) is 8.07. The number of hydrogen-bond acceptors (Lipinski definition) is 2. The minimum atomic E-state index is -0.0666. The molecule has 2 N–H and O–H groups in total. The Balaban J connectivity index is 2.13. The fourth-order valence-electron chi connectivity index (χ4n) is 2.97. The normalized spacial score (nSPS) is 15.9. The lowest BCUT2D eigenvalue weighted by atomic mass is 9.98. The van der Waals surface area contributed by atoms with E-state index in [1.165, 1.54) is 0 Å². The highest BCUT2D eigenvalue weighted by Crippen LogP contribution is 2.30. The van der Waals surface area contributed by atoms with E-state index in [9.17, 15) is 9.90 Å². The molecule has 2 rings (SSSR count). The molecule has 1 aromatic rings. The highest BCUT2D eigenvalue weighted by atomic mass is 35.5. The molecule has 0 aromatic heterocycles. The van der Waals surface area contributed by atoms with Crippen molar-refractivity contribution in [3.63, 3.8) is 0 Å². The molecular weight excluding hydrogens is 300 g/mol. The molecule has 122 valence electrons. The molecule has 1 fully saturated rings. The maximum absolute atomic E-state index is 12.5. The monoisotopic (exact) mass is 324 g/mol. The molecule has 2 amide bonds. The third-order valence-corrected chi connectivity index (χ3v) is 4.82. The summed E-state index contributed by atoms with van der Waals surface area (Å²) in [6, 6.07) is 3.82. The van der Waals surface area contributed by atoms with Crippen molar-refractivity contribution in [2.45, 2.75) is 39.5 Å². The zero-order valence-corrected chi connectivity index (χ0v) is 14.1. The molecule has 1 heterocycles. The van der Waals surface area contributed by atoms with Crippen molar-refractivity contribution in [3.8, 4) is 0 Å². The number of amides is 2. The van der Waals surface area contributed by atoms with Crippen LogP contribution in [-0.4, -0.2) is 35.7 Å². The average molecular weight is 325 g/mol. The minimum Gasteiger partial charge on any atom is -0.396 e. The third-order valence-electron chi connectivity index (χ3n) is 4.47. The number of carbonyl (C=O) groups is 1.